The van der Waals surface area contributed by atoms with Gasteiger partial charge in [-0.15, -0.1) is 0 Å². The van der Waals surface area contributed by atoms with Crippen LogP contribution in [0, 0.1) is 0 Å². The number of thioether (sulfide) groups is 1. The van der Waals surface area contributed by atoms with Gasteiger partial charge in [-0.3, -0.25) is 4.79 Å². The third-order valence-electron chi connectivity index (χ3n) is 2.74. The summed E-state index contributed by atoms with van der Waals surface area (Å²) in [6, 6.07) is 0. The molecule has 0 saturated carbocycles. The molecule has 16 heavy (non-hydrogen) atoms. The van der Waals surface area contributed by atoms with Crippen LogP contribution in [0.5, 0.6) is 0 Å². The van der Waals surface area contributed by atoms with Crippen LogP contribution in [0.4, 0.5) is 0 Å². The van der Waals surface area contributed by atoms with Gasteiger partial charge in [-0.25, -0.2) is 4.98 Å². The van der Waals surface area contributed by atoms with Crippen LogP contribution < -0.4 is 5.56 Å². The van der Waals surface area contributed by atoms with Crippen molar-refractivity contribution in [2.24, 2.45) is 0 Å². The lowest BCUT2D eigenvalue weighted by atomic mass is 10.2. The molecule has 1 aliphatic heterocycles. The molecule has 1 aromatic rings. The number of H-pyrrole nitrogens is 1. The van der Waals surface area contributed by atoms with Gasteiger partial charge in [0.2, 0.25) is 0 Å². The van der Waals surface area contributed by atoms with Gasteiger partial charge in [-0.2, -0.15) is 11.8 Å². The standard InChI is InChI=1S/C11H16N2O2S/c1-3-4-9(15-2)10-12-8-6-16-5-7(8)11(14)13-10/h9H,3-6H2,1-2H3,(H,12,13,14). The first-order valence-corrected chi connectivity index (χ1v) is 6.64. The van der Waals surface area contributed by atoms with Crippen molar-refractivity contribution in [2.45, 2.75) is 37.4 Å². The minimum atomic E-state index is -0.0893. The van der Waals surface area contributed by atoms with Crippen LogP contribution in [-0.4, -0.2) is 17.1 Å². The van der Waals surface area contributed by atoms with E-state index in [0.717, 1.165) is 35.6 Å². The number of hydrogen-bond acceptors (Lipinski definition) is 4. The highest BCUT2D eigenvalue weighted by Crippen LogP contribution is 2.27. The molecule has 1 aromatic heterocycles. The van der Waals surface area contributed by atoms with Crippen LogP contribution >= 0.6 is 11.8 Å². The molecule has 0 aliphatic carbocycles. The van der Waals surface area contributed by atoms with Crippen molar-refractivity contribution in [3.63, 3.8) is 0 Å². The molecule has 2 rings (SSSR count). The fourth-order valence-electron chi connectivity index (χ4n) is 1.86. The number of nitrogens with one attached hydrogen (secondary N) is 1. The zero-order valence-corrected chi connectivity index (χ0v) is 10.4. The molecule has 0 amide bonds. The molecule has 1 unspecified atom stereocenters. The minimum Gasteiger partial charge on any atom is -0.374 e. The molecule has 88 valence electrons. The van der Waals surface area contributed by atoms with E-state index in [9.17, 15) is 4.79 Å². The van der Waals surface area contributed by atoms with Gasteiger partial charge in [-0.05, 0) is 6.42 Å². The minimum absolute atomic E-state index is 0.00292. The van der Waals surface area contributed by atoms with Gasteiger partial charge in [-0.1, -0.05) is 13.3 Å². The summed E-state index contributed by atoms with van der Waals surface area (Å²) < 4.78 is 5.35. The number of methoxy groups -OCH3 is 1. The van der Waals surface area contributed by atoms with Crippen molar-refractivity contribution in [3.05, 3.63) is 27.4 Å². The first kappa shape index (κ1) is 11.7. The predicted octanol–water partition coefficient (Wildman–Crippen LogP) is 2.00. The van der Waals surface area contributed by atoms with E-state index in [1.165, 1.54) is 0 Å². The second-order valence-electron chi connectivity index (χ2n) is 3.88. The van der Waals surface area contributed by atoms with Crippen molar-refractivity contribution in [1.29, 1.82) is 0 Å². The fraction of sp³-hybridized carbons (Fsp3) is 0.636. The largest absolute Gasteiger partial charge is 0.374 e. The van der Waals surface area contributed by atoms with E-state index in [4.69, 9.17) is 4.74 Å². The summed E-state index contributed by atoms with van der Waals surface area (Å²) in [4.78, 5) is 19.1. The Balaban J connectivity index is 2.35. The summed E-state index contributed by atoms with van der Waals surface area (Å²) in [5.41, 5.74) is 1.77. The molecule has 0 radical (unpaired) electrons. The van der Waals surface area contributed by atoms with E-state index in [2.05, 4.69) is 16.9 Å². The van der Waals surface area contributed by atoms with Gasteiger partial charge in [0.25, 0.3) is 5.56 Å². The number of aromatic amines is 1. The fourth-order valence-corrected chi connectivity index (χ4v) is 2.90. The van der Waals surface area contributed by atoms with E-state index in [1.807, 2.05) is 0 Å². The predicted molar refractivity (Wildman–Crippen MR) is 64.5 cm³/mol. The average Bonchev–Trinajstić information content (AvgIpc) is 2.74. The van der Waals surface area contributed by atoms with Gasteiger partial charge in [0.1, 0.15) is 11.9 Å². The third-order valence-corrected chi connectivity index (χ3v) is 3.72. The molecule has 4 nitrogen and oxygen atoms in total. The Morgan fingerprint density at radius 2 is 2.38 bits per heavy atom. The van der Waals surface area contributed by atoms with Crippen molar-refractivity contribution in [1.82, 2.24) is 9.97 Å². The number of hydrogen-bond donors (Lipinski definition) is 1. The van der Waals surface area contributed by atoms with Crippen LogP contribution in [0.25, 0.3) is 0 Å². The van der Waals surface area contributed by atoms with Crippen molar-refractivity contribution < 1.29 is 4.74 Å². The lowest BCUT2D eigenvalue weighted by molar-refractivity contribution is 0.0872. The van der Waals surface area contributed by atoms with Crippen LogP contribution in [0.15, 0.2) is 4.79 Å². The average molecular weight is 240 g/mol. The second-order valence-corrected chi connectivity index (χ2v) is 4.87. The zero-order valence-electron chi connectivity index (χ0n) is 9.58. The van der Waals surface area contributed by atoms with Crippen molar-refractivity contribution >= 4 is 11.8 Å². The topological polar surface area (TPSA) is 55.0 Å². The maximum absolute atomic E-state index is 11.8. The molecule has 0 fully saturated rings. The molecule has 5 heteroatoms. The summed E-state index contributed by atoms with van der Waals surface area (Å²) in [5, 5.41) is 0. The number of aromatic nitrogens is 2. The van der Waals surface area contributed by atoms with E-state index in [-0.39, 0.29) is 11.7 Å². The number of fused-ring (bicyclic) bond motifs is 1. The Labute approximate surface area is 98.8 Å². The maximum Gasteiger partial charge on any atom is 0.255 e. The van der Waals surface area contributed by atoms with Gasteiger partial charge < -0.3 is 9.72 Å². The van der Waals surface area contributed by atoms with Gasteiger partial charge in [0.15, 0.2) is 0 Å². The van der Waals surface area contributed by atoms with Crippen LogP contribution in [-0.2, 0) is 16.2 Å². The van der Waals surface area contributed by atoms with Gasteiger partial charge >= 0.3 is 0 Å². The van der Waals surface area contributed by atoms with Gasteiger partial charge in [0, 0.05) is 24.2 Å². The van der Waals surface area contributed by atoms with Crippen molar-refractivity contribution in [2.75, 3.05) is 7.11 Å². The Morgan fingerprint density at radius 1 is 1.56 bits per heavy atom. The highest BCUT2D eigenvalue weighted by Gasteiger charge is 2.20. The Morgan fingerprint density at radius 3 is 3.06 bits per heavy atom. The molecule has 1 aliphatic rings. The van der Waals surface area contributed by atoms with Crippen LogP contribution in [0.2, 0.25) is 0 Å². The maximum atomic E-state index is 11.8. The molecule has 0 bridgehead atoms. The highest BCUT2D eigenvalue weighted by atomic mass is 32.2. The number of ether oxygens (including phenoxy) is 1. The van der Waals surface area contributed by atoms with Gasteiger partial charge in [0.05, 0.1) is 5.69 Å². The lowest BCUT2D eigenvalue weighted by Gasteiger charge is -2.14. The van der Waals surface area contributed by atoms with E-state index in [0.29, 0.717) is 5.82 Å². The molecule has 0 saturated heterocycles. The van der Waals surface area contributed by atoms with Crippen LogP contribution in [0.3, 0.4) is 0 Å². The molecular formula is C11H16N2O2S. The SMILES string of the molecule is CCCC(OC)c1nc2c(c(=O)[nH]1)CSC2. The highest BCUT2D eigenvalue weighted by molar-refractivity contribution is 7.98. The summed E-state index contributed by atoms with van der Waals surface area (Å²) in [6.45, 7) is 2.09. The van der Waals surface area contributed by atoms with E-state index >= 15 is 0 Å². The lowest BCUT2D eigenvalue weighted by Crippen LogP contribution is -2.19. The second kappa shape index (κ2) is 5.01. The van der Waals surface area contributed by atoms with E-state index < -0.39 is 0 Å². The molecule has 2 heterocycles. The number of rotatable bonds is 4. The normalized spacial score (nSPS) is 16.1. The third kappa shape index (κ3) is 2.15. The zero-order chi connectivity index (χ0) is 11.5. The quantitative estimate of drug-likeness (QED) is 0.874. The number of nitrogens with zero attached hydrogens (tertiary/aromatic N) is 1. The Kier molecular flexibility index (Phi) is 3.66. The summed E-state index contributed by atoms with van der Waals surface area (Å²) in [5.74, 6) is 2.30. The van der Waals surface area contributed by atoms with Crippen molar-refractivity contribution in [3.8, 4) is 0 Å². The molecule has 0 spiro atoms. The molecule has 1 N–H and O–H groups in total. The van der Waals surface area contributed by atoms with Crippen LogP contribution in [0.1, 0.15) is 43.0 Å². The first-order chi connectivity index (χ1) is 7.76. The molecule has 0 aromatic carbocycles. The van der Waals surface area contributed by atoms with E-state index in [1.54, 1.807) is 18.9 Å². The smallest absolute Gasteiger partial charge is 0.255 e. The summed E-state index contributed by atoms with van der Waals surface area (Å²) in [6.07, 6.45) is 1.80. The molecule has 1 atom stereocenters. The summed E-state index contributed by atoms with van der Waals surface area (Å²) >= 11 is 1.74. The molecular weight excluding hydrogens is 224 g/mol. The Hall–Kier alpha value is -0.810. The monoisotopic (exact) mass is 240 g/mol. The Bertz CT molecular complexity index is 430. The first-order valence-electron chi connectivity index (χ1n) is 5.48. The summed E-state index contributed by atoms with van der Waals surface area (Å²) in [7, 11) is 1.66.